The number of carbonyl (C=O) groups is 2. The Morgan fingerprint density at radius 2 is 2.04 bits per heavy atom. The number of nitrogens with zero attached hydrogens (tertiary/aromatic N) is 2. The van der Waals surface area contributed by atoms with Crippen LogP contribution in [0, 0.1) is 5.92 Å². The number of piperidine rings is 1. The molecule has 0 N–H and O–H groups in total. The van der Waals surface area contributed by atoms with E-state index < -0.39 is 0 Å². The van der Waals surface area contributed by atoms with E-state index in [0.717, 1.165) is 24.2 Å². The maximum Gasteiger partial charge on any atom is 0.245 e. The third kappa shape index (κ3) is 3.90. The molecule has 1 aromatic carbocycles. The van der Waals surface area contributed by atoms with Crippen LogP contribution in [0.4, 0.5) is 0 Å². The van der Waals surface area contributed by atoms with Crippen LogP contribution in [-0.2, 0) is 14.3 Å². The zero-order chi connectivity index (χ0) is 18.5. The minimum atomic E-state index is -0.161. The van der Waals surface area contributed by atoms with Gasteiger partial charge in [-0.05, 0) is 36.6 Å². The Kier molecular flexibility index (Phi) is 5.93. The van der Waals surface area contributed by atoms with Gasteiger partial charge in [0.2, 0.25) is 11.8 Å². The Morgan fingerprint density at radius 1 is 1.27 bits per heavy atom. The summed E-state index contributed by atoms with van der Waals surface area (Å²) in [4.78, 5) is 28.7. The van der Waals surface area contributed by atoms with E-state index in [1.807, 2.05) is 29.2 Å². The molecule has 140 valence electrons. The second-order valence-electron chi connectivity index (χ2n) is 6.72. The number of morpholine rings is 1. The van der Waals surface area contributed by atoms with Crippen molar-refractivity contribution >= 4 is 11.8 Å². The molecule has 2 aliphatic rings. The smallest absolute Gasteiger partial charge is 0.245 e. The Balaban J connectivity index is 1.74. The standard InChI is InChI=1S/C20H26N2O4/c1-3-19(23)21-10-4-5-16(13-21)20(24)22-11-12-26-14-18(22)15-6-8-17(25-2)9-7-15/h3,6-9,16,18H,1,4-5,10-14H2,2H3. The number of carbonyl (C=O) groups excluding carboxylic acids is 2. The van der Waals surface area contributed by atoms with Crippen LogP contribution in [-0.4, -0.2) is 61.6 Å². The van der Waals surface area contributed by atoms with Gasteiger partial charge in [-0.2, -0.15) is 0 Å². The van der Waals surface area contributed by atoms with E-state index in [0.29, 0.717) is 32.8 Å². The van der Waals surface area contributed by atoms with Crippen molar-refractivity contribution in [3.8, 4) is 5.75 Å². The molecule has 0 saturated carbocycles. The predicted molar refractivity (Wildman–Crippen MR) is 97.8 cm³/mol. The molecule has 2 heterocycles. The molecule has 6 nitrogen and oxygen atoms in total. The maximum absolute atomic E-state index is 13.2. The van der Waals surface area contributed by atoms with Gasteiger partial charge in [-0.25, -0.2) is 0 Å². The molecule has 2 aliphatic heterocycles. The van der Waals surface area contributed by atoms with E-state index in [-0.39, 0.29) is 23.8 Å². The van der Waals surface area contributed by atoms with Gasteiger partial charge in [0.05, 0.1) is 32.3 Å². The fraction of sp³-hybridized carbons (Fsp3) is 0.500. The van der Waals surface area contributed by atoms with Crippen molar-refractivity contribution in [1.29, 1.82) is 0 Å². The predicted octanol–water partition coefficient (Wildman–Crippen LogP) is 2.02. The molecular weight excluding hydrogens is 332 g/mol. The van der Waals surface area contributed by atoms with E-state index in [1.54, 1.807) is 12.0 Å². The Hall–Kier alpha value is -2.34. The zero-order valence-corrected chi connectivity index (χ0v) is 15.2. The van der Waals surface area contributed by atoms with E-state index in [2.05, 4.69) is 6.58 Å². The molecule has 0 radical (unpaired) electrons. The second-order valence-corrected chi connectivity index (χ2v) is 6.72. The van der Waals surface area contributed by atoms with Crippen LogP contribution in [0.1, 0.15) is 24.4 Å². The van der Waals surface area contributed by atoms with Crippen LogP contribution in [0.5, 0.6) is 5.75 Å². The zero-order valence-electron chi connectivity index (χ0n) is 15.2. The number of hydrogen-bond acceptors (Lipinski definition) is 4. The third-order valence-electron chi connectivity index (χ3n) is 5.17. The minimum Gasteiger partial charge on any atom is -0.497 e. The molecular formula is C20H26N2O4. The van der Waals surface area contributed by atoms with Gasteiger partial charge in [-0.15, -0.1) is 0 Å². The molecule has 2 amide bonds. The largest absolute Gasteiger partial charge is 0.497 e. The maximum atomic E-state index is 13.2. The molecule has 0 spiro atoms. The third-order valence-corrected chi connectivity index (χ3v) is 5.17. The van der Waals surface area contributed by atoms with Gasteiger partial charge >= 0.3 is 0 Å². The summed E-state index contributed by atoms with van der Waals surface area (Å²) in [5, 5.41) is 0. The first-order chi connectivity index (χ1) is 12.6. The van der Waals surface area contributed by atoms with Gasteiger partial charge in [-0.1, -0.05) is 18.7 Å². The van der Waals surface area contributed by atoms with Crippen molar-refractivity contribution in [1.82, 2.24) is 9.80 Å². The summed E-state index contributed by atoms with van der Waals surface area (Å²) in [6.45, 7) is 6.31. The van der Waals surface area contributed by atoms with Crippen molar-refractivity contribution in [2.24, 2.45) is 5.92 Å². The summed E-state index contributed by atoms with van der Waals surface area (Å²) in [5.41, 5.74) is 1.04. The molecule has 0 aliphatic carbocycles. The van der Waals surface area contributed by atoms with Gasteiger partial charge in [0.1, 0.15) is 5.75 Å². The van der Waals surface area contributed by atoms with Crippen molar-refractivity contribution < 1.29 is 19.1 Å². The lowest BCUT2D eigenvalue weighted by molar-refractivity contribution is -0.147. The van der Waals surface area contributed by atoms with Gasteiger partial charge in [0, 0.05) is 19.6 Å². The highest BCUT2D eigenvalue weighted by Crippen LogP contribution is 2.29. The van der Waals surface area contributed by atoms with Crippen LogP contribution < -0.4 is 4.74 Å². The molecule has 0 bridgehead atoms. The summed E-state index contributed by atoms with van der Waals surface area (Å²) in [6.07, 6.45) is 2.97. The van der Waals surface area contributed by atoms with Crippen LogP contribution in [0.25, 0.3) is 0 Å². The average molecular weight is 358 g/mol. The van der Waals surface area contributed by atoms with Crippen LogP contribution in [0.15, 0.2) is 36.9 Å². The number of benzene rings is 1. The summed E-state index contributed by atoms with van der Waals surface area (Å²) in [6, 6.07) is 7.66. The van der Waals surface area contributed by atoms with Gasteiger partial charge in [0.25, 0.3) is 0 Å². The van der Waals surface area contributed by atoms with E-state index in [1.165, 1.54) is 6.08 Å². The lowest BCUT2D eigenvalue weighted by Gasteiger charge is -2.40. The van der Waals surface area contributed by atoms with Gasteiger partial charge in [0.15, 0.2) is 0 Å². The monoisotopic (exact) mass is 358 g/mol. The van der Waals surface area contributed by atoms with Crippen LogP contribution in [0.2, 0.25) is 0 Å². The van der Waals surface area contributed by atoms with E-state index in [4.69, 9.17) is 9.47 Å². The fourth-order valence-corrected chi connectivity index (χ4v) is 3.71. The number of hydrogen-bond donors (Lipinski definition) is 0. The molecule has 0 aromatic heterocycles. The van der Waals surface area contributed by atoms with Crippen LogP contribution >= 0.6 is 0 Å². The number of ether oxygens (including phenoxy) is 2. The number of amides is 2. The fourth-order valence-electron chi connectivity index (χ4n) is 3.71. The molecule has 2 unspecified atom stereocenters. The van der Waals surface area contributed by atoms with Crippen molar-refractivity contribution in [2.45, 2.75) is 18.9 Å². The molecule has 26 heavy (non-hydrogen) atoms. The van der Waals surface area contributed by atoms with E-state index in [9.17, 15) is 9.59 Å². The number of methoxy groups -OCH3 is 1. The minimum absolute atomic E-state index is 0.101. The highest BCUT2D eigenvalue weighted by Gasteiger charge is 2.35. The molecule has 1 aromatic rings. The molecule has 2 fully saturated rings. The highest BCUT2D eigenvalue weighted by molar-refractivity contribution is 5.88. The van der Waals surface area contributed by atoms with Crippen molar-refractivity contribution in [3.63, 3.8) is 0 Å². The summed E-state index contributed by atoms with van der Waals surface area (Å²) in [5.74, 6) is 0.632. The van der Waals surface area contributed by atoms with E-state index >= 15 is 0 Å². The molecule has 3 rings (SSSR count). The Bertz CT molecular complexity index is 658. The number of rotatable bonds is 4. The Morgan fingerprint density at radius 3 is 2.73 bits per heavy atom. The first-order valence-corrected chi connectivity index (χ1v) is 9.07. The second kappa shape index (κ2) is 8.36. The summed E-state index contributed by atoms with van der Waals surface area (Å²) < 4.78 is 10.8. The lowest BCUT2D eigenvalue weighted by atomic mass is 9.94. The molecule has 6 heteroatoms. The molecule has 2 saturated heterocycles. The van der Waals surface area contributed by atoms with Crippen molar-refractivity contribution in [3.05, 3.63) is 42.5 Å². The quantitative estimate of drug-likeness (QED) is 0.773. The Labute approximate surface area is 154 Å². The lowest BCUT2D eigenvalue weighted by Crippen LogP contribution is -2.50. The molecule has 2 atom stereocenters. The van der Waals surface area contributed by atoms with Crippen molar-refractivity contribution in [2.75, 3.05) is 40.0 Å². The first kappa shape index (κ1) is 18.5. The van der Waals surface area contributed by atoms with Gasteiger partial charge in [-0.3, -0.25) is 9.59 Å². The summed E-state index contributed by atoms with van der Waals surface area (Å²) >= 11 is 0. The van der Waals surface area contributed by atoms with Gasteiger partial charge < -0.3 is 19.3 Å². The average Bonchev–Trinajstić information content (AvgIpc) is 2.72. The SMILES string of the molecule is C=CC(=O)N1CCCC(C(=O)N2CCOCC2c2ccc(OC)cc2)C1. The normalized spacial score (nSPS) is 23.4. The highest BCUT2D eigenvalue weighted by atomic mass is 16.5. The summed E-state index contributed by atoms with van der Waals surface area (Å²) in [7, 11) is 1.63. The topological polar surface area (TPSA) is 59.1 Å². The number of likely N-dealkylation sites (tertiary alicyclic amines) is 1. The van der Waals surface area contributed by atoms with Crippen LogP contribution in [0.3, 0.4) is 0 Å². The first-order valence-electron chi connectivity index (χ1n) is 9.07.